The van der Waals surface area contributed by atoms with Crippen LogP contribution >= 0.6 is 15.9 Å². The molecule has 18 heavy (non-hydrogen) atoms. The molecule has 1 amide bonds. The van der Waals surface area contributed by atoms with Crippen molar-refractivity contribution in [2.75, 3.05) is 24.3 Å². The van der Waals surface area contributed by atoms with Crippen LogP contribution in [0.2, 0.25) is 0 Å². The van der Waals surface area contributed by atoms with E-state index in [1.807, 2.05) is 0 Å². The van der Waals surface area contributed by atoms with Crippen molar-refractivity contribution in [2.24, 2.45) is 5.92 Å². The maximum atomic E-state index is 11.8. The summed E-state index contributed by atoms with van der Waals surface area (Å²) in [4.78, 5) is 32.6. The number of hydrogen-bond acceptors (Lipinski definition) is 6. The molecule has 2 heterocycles. The third-order valence-electron chi connectivity index (χ3n) is 2.67. The van der Waals surface area contributed by atoms with Crippen molar-refractivity contribution in [3.8, 4) is 0 Å². The van der Waals surface area contributed by atoms with Crippen molar-refractivity contribution in [2.45, 2.75) is 6.42 Å². The van der Waals surface area contributed by atoms with E-state index < -0.39 is 11.9 Å². The number of halogens is 1. The molecule has 0 aromatic carbocycles. The second kappa shape index (κ2) is 4.89. The minimum atomic E-state index is -0.484. The zero-order valence-electron chi connectivity index (χ0n) is 9.59. The fraction of sp³-hybridized carbons (Fsp3) is 0.400. The van der Waals surface area contributed by atoms with E-state index in [2.05, 4.69) is 30.6 Å². The second-order valence-corrected chi connectivity index (χ2v) is 4.64. The van der Waals surface area contributed by atoms with Crippen LogP contribution in [0.25, 0.3) is 0 Å². The van der Waals surface area contributed by atoms with E-state index in [0.717, 1.165) is 0 Å². The van der Waals surface area contributed by atoms with Crippen LogP contribution < -0.4 is 10.6 Å². The van der Waals surface area contributed by atoms with Crippen LogP contribution in [0.1, 0.15) is 6.42 Å². The number of esters is 1. The quantitative estimate of drug-likeness (QED) is 0.791. The Balaban J connectivity index is 2.27. The lowest BCUT2D eigenvalue weighted by atomic mass is 10.1. The Hall–Kier alpha value is -1.70. The van der Waals surface area contributed by atoms with Crippen molar-refractivity contribution >= 4 is 39.4 Å². The lowest BCUT2D eigenvalue weighted by Gasteiger charge is -2.16. The average molecular weight is 315 g/mol. The number of aromatic nitrogens is 2. The zero-order chi connectivity index (χ0) is 13.3. The average Bonchev–Trinajstić information content (AvgIpc) is 2.73. The fourth-order valence-electron chi connectivity index (χ4n) is 1.80. The number of anilines is 2. The van der Waals surface area contributed by atoms with Gasteiger partial charge < -0.3 is 10.5 Å². The SMILES string of the molecule is COC(=O)C1CC(=O)N(c2nc(Br)cnc2N)C1. The molecule has 1 aromatic rings. The Bertz CT molecular complexity index is 508. The summed E-state index contributed by atoms with van der Waals surface area (Å²) in [5.41, 5.74) is 5.68. The van der Waals surface area contributed by atoms with Crippen molar-refractivity contribution < 1.29 is 14.3 Å². The van der Waals surface area contributed by atoms with Gasteiger partial charge in [-0.25, -0.2) is 9.97 Å². The van der Waals surface area contributed by atoms with Gasteiger partial charge in [0, 0.05) is 13.0 Å². The maximum absolute atomic E-state index is 11.8. The van der Waals surface area contributed by atoms with Crippen LogP contribution in [-0.2, 0) is 14.3 Å². The molecule has 2 rings (SSSR count). The summed E-state index contributed by atoms with van der Waals surface area (Å²) in [6, 6.07) is 0. The van der Waals surface area contributed by atoms with Crippen LogP contribution in [-0.4, -0.2) is 35.5 Å². The molecule has 1 fully saturated rings. The molecule has 1 atom stereocenters. The molecule has 96 valence electrons. The highest BCUT2D eigenvalue weighted by molar-refractivity contribution is 9.10. The van der Waals surface area contributed by atoms with E-state index in [1.165, 1.54) is 18.2 Å². The molecule has 1 aliphatic rings. The second-order valence-electron chi connectivity index (χ2n) is 3.83. The summed E-state index contributed by atoms with van der Waals surface area (Å²) in [5.74, 6) is -0.697. The number of ether oxygens (including phenoxy) is 1. The first-order valence-electron chi connectivity index (χ1n) is 5.19. The number of methoxy groups -OCH3 is 1. The van der Waals surface area contributed by atoms with Crippen molar-refractivity contribution in [3.05, 3.63) is 10.8 Å². The third kappa shape index (κ3) is 2.28. The van der Waals surface area contributed by atoms with E-state index in [-0.39, 0.29) is 30.5 Å². The topological polar surface area (TPSA) is 98.4 Å². The standard InChI is InChI=1S/C10H11BrN4O3/c1-18-10(17)5-2-7(16)15(4-5)9-8(12)13-3-6(11)14-9/h3,5H,2,4H2,1H3,(H2,12,13). The van der Waals surface area contributed by atoms with Crippen LogP contribution in [0.15, 0.2) is 10.8 Å². The summed E-state index contributed by atoms with van der Waals surface area (Å²) in [7, 11) is 1.29. The lowest BCUT2D eigenvalue weighted by molar-refractivity contribution is -0.145. The fourth-order valence-corrected chi connectivity index (χ4v) is 2.07. The number of rotatable bonds is 2. The van der Waals surface area contributed by atoms with Gasteiger partial charge in [0.15, 0.2) is 11.6 Å². The van der Waals surface area contributed by atoms with Gasteiger partial charge in [0.2, 0.25) is 5.91 Å². The van der Waals surface area contributed by atoms with Gasteiger partial charge in [0.05, 0.1) is 19.2 Å². The Kier molecular flexibility index (Phi) is 3.46. The predicted molar refractivity (Wildman–Crippen MR) is 66.6 cm³/mol. The first-order valence-corrected chi connectivity index (χ1v) is 5.98. The molecule has 0 saturated carbocycles. The Labute approximate surface area is 111 Å². The number of carbonyl (C=O) groups excluding carboxylic acids is 2. The Morgan fingerprint density at radius 2 is 2.39 bits per heavy atom. The molecular formula is C10H11BrN4O3. The van der Waals surface area contributed by atoms with Crippen molar-refractivity contribution in [3.63, 3.8) is 0 Å². The summed E-state index contributed by atoms with van der Waals surface area (Å²) in [6.07, 6.45) is 1.54. The molecule has 1 saturated heterocycles. The summed E-state index contributed by atoms with van der Waals surface area (Å²) in [6.45, 7) is 0.209. The number of hydrogen-bond donors (Lipinski definition) is 1. The molecule has 0 spiro atoms. The molecule has 0 radical (unpaired) electrons. The summed E-state index contributed by atoms with van der Waals surface area (Å²) in [5, 5.41) is 0. The van der Waals surface area contributed by atoms with Gasteiger partial charge in [-0.1, -0.05) is 0 Å². The minimum Gasteiger partial charge on any atom is -0.469 e. The van der Waals surface area contributed by atoms with Crippen LogP contribution in [0, 0.1) is 5.92 Å². The number of nitrogens with zero attached hydrogens (tertiary/aromatic N) is 3. The first-order chi connectivity index (χ1) is 8.52. The number of amides is 1. The molecule has 7 nitrogen and oxygen atoms in total. The van der Waals surface area contributed by atoms with Gasteiger partial charge in [0.25, 0.3) is 0 Å². The third-order valence-corrected chi connectivity index (χ3v) is 3.05. The van der Waals surface area contributed by atoms with Gasteiger partial charge in [0.1, 0.15) is 4.60 Å². The molecule has 8 heteroatoms. The minimum absolute atomic E-state index is 0.0975. The molecule has 1 aliphatic heterocycles. The predicted octanol–water partition coefficient (Wildman–Crippen LogP) is 0.347. The summed E-state index contributed by atoms with van der Waals surface area (Å²) >= 11 is 3.16. The molecule has 1 aromatic heterocycles. The molecular weight excluding hydrogens is 304 g/mol. The largest absolute Gasteiger partial charge is 0.469 e. The van der Waals surface area contributed by atoms with Crippen molar-refractivity contribution in [1.82, 2.24) is 9.97 Å². The van der Waals surface area contributed by atoms with E-state index in [4.69, 9.17) is 5.73 Å². The van der Waals surface area contributed by atoms with E-state index >= 15 is 0 Å². The van der Waals surface area contributed by atoms with Gasteiger partial charge >= 0.3 is 5.97 Å². The van der Waals surface area contributed by atoms with Gasteiger partial charge in [-0.05, 0) is 15.9 Å². The van der Waals surface area contributed by atoms with E-state index in [1.54, 1.807) is 0 Å². The highest BCUT2D eigenvalue weighted by Crippen LogP contribution is 2.28. The maximum Gasteiger partial charge on any atom is 0.311 e. The molecule has 0 aliphatic carbocycles. The zero-order valence-corrected chi connectivity index (χ0v) is 11.2. The van der Waals surface area contributed by atoms with Crippen LogP contribution in [0.5, 0.6) is 0 Å². The number of nitrogens with two attached hydrogens (primary N) is 1. The monoisotopic (exact) mass is 314 g/mol. The number of nitrogen functional groups attached to an aromatic ring is 1. The molecule has 1 unspecified atom stereocenters. The van der Waals surface area contributed by atoms with E-state index in [9.17, 15) is 9.59 Å². The Morgan fingerprint density at radius 3 is 3.06 bits per heavy atom. The summed E-state index contributed by atoms with van der Waals surface area (Å²) < 4.78 is 5.10. The highest BCUT2D eigenvalue weighted by Gasteiger charge is 2.37. The van der Waals surface area contributed by atoms with Gasteiger partial charge in [-0.15, -0.1) is 0 Å². The van der Waals surface area contributed by atoms with Crippen molar-refractivity contribution in [1.29, 1.82) is 0 Å². The molecule has 0 bridgehead atoms. The smallest absolute Gasteiger partial charge is 0.311 e. The lowest BCUT2D eigenvalue weighted by Crippen LogP contribution is -2.28. The van der Waals surface area contributed by atoms with E-state index in [0.29, 0.717) is 4.60 Å². The first kappa shape index (κ1) is 12.7. The molecule has 2 N–H and O–H groups in total. The number of carbonyl (C=O) groups is 2. The van der Waals surface area contributed by atoms with Gasteiger partial charge in [-0.3, -0.25) is 14.5 Å². The van der Waals surface area contributed by atoms with Crippen LogP contribution in [0.4, 0.5) is 11.6 Å². The Morgan fingerprint density at radius 1 is 1.67 bits per heavy atom. The van der Waals surface area contributed by atoms with Gasteiger partial charge in [-0.2, -0.15) is 0 Å². The highest BCUT2D eigenvalue weighted by atomic mass is 79.9. The normalized spacial score (nSPS) is 19.1. The van der Waals surface area contributed by atoms with Crippen LogP contribution in [0.3, 0.4) is 0 Å².